The molecule has 0 unspecified atom stereocenters. The predicted octanol–water partition coefficient (Wildman–Crippen LogP) is 1.90. The maximum absolute atomic E-state index is 12.0. The third kappa shape index (κ3) is 2.28. The Hall–Kier alpha value is -2.25. The summed E-state index contributed by atoms with van der Waals surface area (Å²) in [6.07, 6.45) is 0. The van der Waals surface area contributed by atoms with Crippen LogP contribution in [0.2, 0.25) is 0 Å². The Kier molecular flexibility index (Phi) is 3.26. The monoisotopic (exact) mass is 316 g/mol. The average molecular weight is 316 g/mol. The van der Waals surface area contributed by atoms with Crippen LogP contribution in [0.15, 0.2) is 35.2 Å². The van der Waals surface area contributed by atoms with E-state index >= 15 is 0 Å². The summed E-state index contributed by atoms with van der Waals surface area (Å²) in [5.41, 5.74) is 3.33. The van der Waals surface area contributed by atoms with Gasteiger partial charge in [-0.15, -0.1) is 0 Å². The number of pyridine rings is 1. The Morgan fingerprint density at radius 2 is 1.86 bits per heavy atom. The number of hydrogen-bond donors (Lipinski definition) is 1. The summed E-state index contributed by atoms with van der Waals surface area (Å²) in [6.45, 7) is 3.70. The fourth-order valence-corrected chi connectivity index (χ4v) is 3.32. The minimum absolute atomic E-state index is 0.0189. The van der Waals surface area contributed by atoms with Gasteiger partial charge in [0, 0.05) is 23.7 Å². The van der Waals surface area contributed by atoms with Gasteiger partial charge in [0.1, 0.15) is 4.90 Å². The third-order valence-electron chi connectivity index (χ3n) is 3.74. The molecule has 0 saturated heterocycles. The molecular formula is C15H16N4O2S. The second-order valence-corrected chi connectivity index (χ2v) is 6.77. The van der Waals surface area contributed by atoms with Crippen LogP contribution >= 0.6 is 0 Å². The van der Waals surface area contributed by atoms with E-state index in [2.05, 4.69) is 10.1 Å². The number of aromatic nitrogens is 3. The highest BCUT2D eigenvalue weighted by Crippen LogP contribution is 2.32. The molecule has 7 heteroatoms. The Labute approximate surface area is 128 Å². The smallest absolute Gasteiger partial charge is 0.240 e. The largest absolute Gasteiger partial charge is 0.272 e. The standard InChI is InChI=1S/C15H16N4O2S/c1-9-14(10(2)19(3)18-9)15-13(22(16,20)21)8-11-6-4-5-7-12(11)17-15/h4-8H,1-3H3,(H2,16,20,21). The summed E-state index contributed by atoms with van der Waals surface area (Å²) in [4.78, 5) is 4.55. The number of aryl methyl sites for hydroxylation is 2. The first-order chi connectivity index (χ1) is 10.3. The molecule has 0 atom stereocenters. The Balaban J connectivity index is 2.46. The van der Waals surface area contributed by atoms with E-state index in [4.69, 9.17) is 5.14 Å². The van der Waals surface area contributed by atoms with Crippen LogP contribution in [0.3, 0.4) is 0 Å². The first-order valence-corrected chi connectivity index (χ1v) is 8.27. The van der Waals surface area contributed by atoms with Gasteiger partial charge in [-0.3, -0.25) is 4.68 Å². The molecular weight excluding hydrogens is 300 g/mol. The molecule has 0 spiro atoms. The first-order valence-electron chi connectivity index (χ1n) is 6.72. The number of nitrogens with zero attached hydrogens (tertiary/aromatic N) is 3. The Morgan fingerprint density at radius 1 is 1.18 bits per heavy atom. The highest BCUT2D eigenvalue weighted by Gasteiger charge is 2.23. The summed E-state index contributed by atoms with van der Waals surface area (Å²) < 4.78 is 25.7. The minimum atomic E-state index is -3.90. The van der Waals surface area contributed by atoms with Gasteiger partial charge >= 0.3 is 0 Å². The maximum Gasteiger partial charge on any atom is 0.240 e. The molecule has 2 N–H and O–H groups in total. The molecule has 0 fully saturated rings. The van der Waals surface area contributed by atoms with E-state index in [0.717, 1.165) is 11.1 Å². The molecule has 2 heterocycles. The molecule has 0 aliphatic heterocycles. The van der Waals surface area contributed by atoms with E-state index in [0.29, 0.717) is 22.5 Å². The average Bonchev–Trinajstić information content (AvgIpc) is 2.70. The van der Waals surface area contributed by atoms with Gasteiger partial charge in [0.25, 0.3) is 0 Å². The van der Waals surface area contributed by atoms with Crippen molar-refractivity contribution in [3.8, 4) is 11.3 Å². The normalized spacial score (nSPS) is 12.0. The van der Waals surface area contributed by atoms with Crippen molar-refractivity contribution >= 4 is 20.9 Å². The van der Waals surface area contributed by atoms with Crippen LogP contribution in [0.25, 0.3) is 22.2 Å². The fourth-order valence-electron chi connectivity index (χ4n) is 2.61. The van der Waals surface area contributed by atoms with Gasteiger partial charge in [-0.25, -0.2) is 18.5 Å². The van der Waals surface area contributed by atoms with Gasteiger partial charge in [0.05, 0.1) is 16.9 Å². The second-order valence-electron chi connectivity index (χ2n) is 5.24. The maximum atomic E-state index is 12.0. The van der Waals surface area contributed by atoms with Crippen LogP contribution in [-0.4, -0.2) is 23.2 Å². The highest BCUT2D eigenvalue weighted by molar-refractivity contribution is 7.89. The summed E-state index contributed by atoms with van der Waals surface area (Å²) >= 11 is 0. The van der Waals surface area contributed by atoms with Crippen molar-refractivity contribution in [1.82, 2.24) is 14.8 Å². The molecule has 1 aromatic carbocycles. The summed E-state index contributed by atoms with van der Waals surface area (Å²) in [6, 6.07) is 8.91. The Morgan fingerprint density at radius 3 is 2.45 bits per heavy atom. The summed E-state index contributed by atoms with van der Waals surface area (Å²) in [7, 11) is -2.09. The molecule has 3 rings (SSSR count). The molecule has 2 aromatic heterocycles. The van der Waals surface area contributed by atoms with Crippen LogP contribution in [-0.2, 0) is 17.1 Å². The lowest BCUT2D eigenvalue weighted by atomic mass is 10.1. The van der Waals surface area contributed by atoms with E-state index in [1.165, 1.54) is 0 Å². The van der Waals surface area contributed by atoms with Crippen LogP contribution in [0.4, 0.5) is 0 Å². The lowest BCUT2D eigenvalue weighted by molar-refractivity contribution is 0.598. The molecule has 0 saturated carbocycles. The van der Waals surface area contributed by atoms with Crippen LogP contribution in [0, 0.1) is 13.8 Å². The quantitative estimate of drug-likeness (QED) is 0.781. The number of primary sulfonamides is 1. The molecule has 114 valence electrons. The summed E-state index contributed by atoms with van der Waals surface area (Å²) in [5, 5.41) is 10.5. The molecule has 0 aliphatic rings. The van der Waals surface area contributed by atoms with E-state index in [9.17, 15) is 8.42 Å². The Bertz CT molecular complexity index is 990. The molecule has 6 nitrogen and oxygen atoms in total. The van der Waals surface area contributed by atoms with Crippen molar-refractivity contribution in [1.29, 1.82) is 0 Å². The lowest BCUT2D eigenvalue weighted by Gasteiger charge is -2.10. The van der Waals surface area contributed by atoms with E-state index in [-0.39, 0.29) is 4.90 Å². The van der Waals surface area contributed by atoms with Crippen molar-refractivity contribution in [3.63, 3.8) is 0 Å². The topological polar surface area (TPSA) is 90.9 Å². The van der Waals surface area contributed by atoms with Gasteiger partial charge < -0.3 is 0 Å². The van der Waals surface area contributed by atoms with Gasteiger partial charge in [-0.2, -0.15) is 5.10 Å². The van der Waals surface area contributed by atoms with Crippen LogP contribution in [0.5, 0.6) is 0 Å². The number of benzene rings is 1. The first kappa shape index (κ1) is 14.7. The molecule has 3 aromatic rings. The molecule has 0 amide bonds. The third-order valence-corrected chi connectivity index (χ3v) is 4.67. The number of hydrogen-bond acceptors (Lipinski definition) is 4. The van der Waals surface area contributed by atoms with E-state index < -0.39 is 10.0 Å². The zero-order valence-electron chi connectivity index (χ0n) is 12.5. The number of rotatable bonds is 2. The highest BCUT2D eigenvalue weighted by atomic mass is 32.2. The predicted molar refractivity (Wildman–Crippen MR) is 84.8 cm³/mol. The van der Waals surface area contributed by atoms with Crippen molar-refractivity contribution in [2.45, 2.75) is 18.7 Å². The second kappa shape index (κ2) is 4.89. The summed E-state index contributed by atoms with van der Waals surface area (Å²) in [5.74, 6) is 0. The van der Waals surface area contributed by atoms with Crippen molar-refractivity contribution in [3.05, 3.63) is 41.7 Å². The lowest BCUT2D eigenvalue weighted by Crippen LogP contribution is -2.14. The SMILES string of the molecule is Cc1nn(C)c(C)c1-c1nc2ccccc2cc1S(N)(=O)=O. The van der Waals surface area contributed by atoms with Crippen molar-refractivity contribution < 1.29 is 8.42 Å². The van der Waals surface area contributed by atoms with E-state index in [1.807, 2.05) is 45.2 Å². The minimum Gasteiger partial charge on any atom is -0.272 e. The van der Waals surface area contributed by atoms with Crippen molar-refractivity contribution in [2.75, 3.05) is 0 Å². The number of sulfonamides is 1. The number of nitrogens with two attached hydrogens (primary N) is 1. The van der Waals surface area contributed by atoms with Gasteiger partial charge in [0.15, 0.2) is 0 Å². The number of fused-ring (bicyclic) bond motifs is 1. The van der Waals surface area contributed by atoms with E-state index in [1.54, 1.807) is 10.7 Å². The van der Waals surface area contributed by atoms with Gasteiger partial charge in [-0.1, -0.05) is 18.2 Å². The molecule has 0 aliphatic carbocycles. The van der Waals surface area contributed by atoms with Crippen LogP contribution < -0.4 is 5.14 Å². The molecule has 0 radical (unpaired) electrons. The van der Waals surface area contributed by atoms with Crippen LogP contribution in [0.1, 0.15) is 11.4 Å². The number of para-hydroxylation sites is 1. The molecule has 0 bridgehead atoms. The fraction of sp³-hybridized carbons (Fsp3) is 0.200. The molecule has 22 heavy (non-hydrogen) atoms. The van der Waals surface area contributed by atoms with Crippen molar-refractivity contribution in [2.24, 2.45) is 12.2 Å². The van der Waals surface area contributed by atoms with Gasteiger partial charge in [0.2, 0.25) is 10.0 Å². The van der Waals surface area contributed by atoms with Gasteiger partial charge in [-0.05, 0) is 26.0 Å². The zero-order chi connectivity index (χ0) is 16.1. The zero-order valence-corrected chi connectivity index (χ0v) is 13.3.